The van der Waals surface area contributed by atoms with Crippen LogP contribution in [0.5, 0.6) is 0 Å². The Morgan fingerprint density at radius 3 is 2.65 bits per heavy atom. The van der Waals surface area contributed by atoms with E-state index in [1.54, 1.807) is 0 Å². The molecule has 4 heteroatoms. The molecule has 1 unspecified atom stereocenters. The molecule has 0 saturated heterocycles. The summed E-state index contributed by atoms with van der Waals surface area (Å²) in [5.74, 6) is 0. The molecule has 0 aliphatic carbocycles. The number of halogens is 1. The first-order valence-electron chi connectivity index (χ1n) is 5.79. The lowest BCUT2D eigenvalue weighted by Gasteiger charge is -2.20. The number of rotatable bonds is 6. The van der Waals surface area contributed by atoms with Crippen molar-refractivity contribution in [2.24, 2.45) is 0 Å². The highest BCUT2D eigenvalue weighted by molar-refractivity contribution is 6.30. The van der Waals surface area contributed by atoms with Gasteiger partial charge in [-0.2, -0.15) is 0 Å². The molecule has 2 N–H and O–H groups in total. The smallest absolute Gasteiger partial charge is 0.0626 e. The van der Waals surface area contributed by atoms with Crippen LogP contribution in [-0.2, 0) is 0 Å². The zero-order valence-electron chi connectivity index (χ0n) is 10.7. The molecule has 0 saturated carbocycles. The largest absolute Gasteiger partial charge is 0.394 e. The van der Waals surface area contributed by atoms with Crippen molar-refractivity contribution in [3.8, 4) is 0 Å². The van der Waals surface area contributed by atoms with Crippen LogP contribution in [0.25, 0.3) is 0 Å². The van der Waals surface area contributed by atoms with Crippen LogP contribution in [0.3, 0.4) is 0 Å². The molecule has 0 heterocycles. The first kappa shape index (κ1) is 14.5. The SMILES string of the molecule is Cc1cc(Cl)ccc1C(CO)NCCN(C)C. The number of nitrogens with zero attached hydrogens (tertiary/aromatic N) is 1. The van der Waals surface area contributed by atoms with Gasteiger partial charge in [-0.25, -0.2) is 0 Å². The Labute approximate surface area is 108 Å². The molecule has 0 aromatic heterocycles. The summed E-state index contributed by atoms with van der Waals surface area (Å²) in [4.78, 5) is 2.11. The zero-order chi connectivity index (χ0) is 12.8. The average molecular weight is 257 g/mol. The van der Waals surface area contributed by atoms with E-state index in [1.165, 1.54) is 0 Å². The molecule has 3 nitrogen and oxygen atoms in total. The van der Waals surface area contributed by atoms with Crippen LogP contribution >= 0.6 is 11.6 Å². The lowest BCUT2D eigenvalue weighted by atomic mass is 10.0. The van der Waals surface area contributed by atoms with Gasteiger partial charge in [0.2, 0.25) is 0 Å². The standard InChI is InChI=1S/C13H21ClN2O/c1-10-8-11(14)4-5-12(10)13(9-17)15-6-7-16(2)3/h4-5,8,13,15,17H,6-7,9H2,1-3H3. The molecular formula is C13H21ClN2O. The van der Waals surface area contributed by atoms with Crippen LogP contribution in [-0.4, -0.2) is 43.8 Å². The van der Waals surface area contributed by atoms with Crippen molar-refractivity contribution in [2.75, 3.05) is 33.8 Å². The van der Waals surface area contributed by atoms with Crippen molar-refractivity contribution >= 4 is 11.6 Å². The Kier molecular flexibility index (Phi) is 5.92. The molecule has 0 aliphatic heterocycles. The predicted octanol–water partition coefficient (Wildman–Crippen LogP) is 1.83. The van der Waals surface area contributed by atoms with E-state index in [1.807, 2.05) is 39.2 Å². The molecule has 1 rings (SSSR count). The van der Waals surface area contributed by atoms with Gasteiger partial charge in [0.05, 0.1) is 12.6 Å². The van der Waals surface area contributed by atoms with E-state index in [9.17, 15) is 5.11 Å². The van der Waals surface area contributed by atoms with Crippen molar-refractivity contribution in [2.45, 2.75) is 13.0 Å². The summed E-state index contributed by atoms with van der Waals surface area (Å²) < 4.78 is 0. The van der Waals surface area contributed by atoms with Gasteiger partial charge in [0.1, 0.15) is 0 Å². The third-order valence-electron chi connectivity index (χ3n) is 2.74. The number of nitrogens with one attached hydrogen (secondary N) is 1. The summed E-state index contributed by atoms with van der Waals surface area (Å²) in [6.45, 7) is 3.90. The second-order valence-electron chi connectivity index (χ2n) is 4.49. The fourth-order valence-electron chi connectivity index (χ4n) is 1.77. The molecular weight excluding hydrogens is 236 g/mol. The Balaban J connectivity index is 2.66. The number of likely N-dealkylation sites (N-methyl/N-ethyl adjacent to an activating group) is 1. The van der Waals surface area contributed by atoms with Crippen LogP contribution < -0.4 is 5.32 Å². The molecule has 96 valence electrons. The van der Waals surface area contributed by atoms with E-state index < -0.39 is 0 Å². The Bertz CT molecular complexity index is 355. The topological polar surface area (TPSA) is 35.5 Å². The predicted molar refractivity (Wildman–Crippen MR) is 72.6 cm³/mol. The molecule has 1 aromatic carbocycles. The van der Waals surface area contributed by atoms with Gasteiger partial charge in [-0.15, -0.1) is 0 Å². The summed E-state index contributed by atoms with van der Waals surface area (Å²) in [5.41, 5.74) is 2.21. The van der Waals surface area contributed by atoms with E-state index >= 15 is 0 Å². The lowest BCUT2D eigenvalue weighted by molar-refractivity contribution is 0.240. The molecule has 0 spiro atoms. The third-order valence-corrected chi connectivity index (χ3v) is 2.97. The first-order chi connectivity index (χ1) is 8.04. The number of benzene rings is 1. The highest BCUT2D eigenvalue weighted by Crippen LogP contribution is 2.21. The second-order valence-corrected chi connectivity index (χ2v) is 4.93. The van der Waals surface area contributed by atoms with Gasteiger partial charge in [-0.3, -0.25) is 0 Å². The van der Waals surface area contributed by atoms with Gasteiger partial charge >= 0.3 is 0 Å². The quantitative estimate of drug-likeness (QED) is 0.815. The fourth-order valence-corrected chi connectivity index (χ4v) is 1.99. The normalized spacial score (nSPS) is 13.1. The average Bonchev–Trinajstić information content (AvgIpc) is 2.25. The Morgan fingerprint density at radius 2 is 2.12 bits per heavy atom. The summed E-state index contributed by atoms with van der Waals surface area (Å²) in [6, 6.07) is 5.74. The Morgan fingerprint density at radius 1 is 1.41 bits per heavy atom. The molecule has 0 amide bonds. The van der Waals surface area contributed by atoms with E-state index in [2.05, 4.69) is 10.2 Å². The van der Waals surface area contributed by atoms with Gasteiger partial charge in [0.25, 0.3) is 0 Å². The van der Waals surface area contributed by atoms with Gasteiger partial charge in [-0.1, -0.05) is 17.7 Å². The number of aryl methyl sites for hydroxylation is 1. The van der Waals surface area contributed by atoms with Gasteiger partial charge in [0.15, 0.2) is 0 Å². The minimum absolute atomic E-state index is 0.0211. The number of hydrogen-bond acceptors (Lipinski definition) is 3. The van der Waals surface area contributed by atoms with E-state index in [4.69, 9.17) is 11.6 Å². The zero-order valence-corrected chi connectivity index (χ0v) is 11.5. The van der Waals surface area contributed by atoms with Gasteiger partial charge < -0.3 is 15.3 Å². The number of aliphatic hydroxyl groups is 1. The maximum atomic E-state index is 9.43. The van der Waals surface area contributed by atoms with Crippen molar-refractivity contribution < 1.29 is 5.11 Å². The molecule has 0 bridgehead atoms. The van der Waals surface area contributed by atoms with Crippen LogP contribution in [0, 0.1) is 6.92 Å². The monoisotopic (exact) mass is 256 g/mol. The van der Waals surface area contributed by atoms with Crippen molar-refractivity contribution in [1.29, 1.82) is 0 Å². The van der Waals surface area contributed by atoms with E-state index in [0.29, 0.717) is 0 Å². The van der Waals surface area contributed by atoms with Crippen LogP contribution in [0.4, 0.5) is 0 Å². The van der Waals surface area contributed by atoms with Crippen molar-refractivity contribution in [1.82, 2.24) is 10.2 Å². The third kappa shape index (κ3) is 4.64. The second kappa shape index (κ2) is 6.97. The molecule has 1 aromatic rings. The molecule has 0 aliphatic rings. The minimum atomic E-state index is -0.0211. The summed E-state index contributed by atoms with van der Waals surface area (Å²) in [7, 11) is 4.06. The first-order valence-corrected chi connectivity index (χ1v) is 6.17. The summed E-state index contributed by atoms with van der Waals surface area (Å²) in [5, 5.41) is 13.5. The molecule has 17 heavy (non-hydrogen) atoms. The van der Waals surface area contributed by atoms with Crippen molar-refractivity contribution in [3.63, 3.8) is 0 Å². The van der Waals surface area contributed by atoms with Crippen LogP contribution in [0.2, 0.25) is 5.02 Å². The van der Waals surface area contributed by atoms with Crippen LogP contribution in [0.1, 0.15) is 17.2 Å². The van der Waals surface area contributed by atoms with Gasteiger partial charge in [0, 0.05) is 18.1 Å². The fraction of sp³-hybridized carbons (Fsp3) is 0.538. The minimum Gasteiger partial charge on any atom is -0.394 e. The lowest BCUT2D eigenvalue weighted by Crippen LogP contribution is -2.31. The maximum Gasteiger partial charge on any atom is 0.0626 e. The van der Waals surface area contributed by atoms with Crippen LogP contribution in [0.15, 0.2) is 18.2 Å². The summed E-state index contributed by atoms with van der Waals surface area (Å²) in [6.07, 6.45) is 0. The van der Waals surface area contributed by atoms with Gasteiger partial charge in [-0.05, 0) is 44.3 Å². The maximum absolute atomic E-state index is 9.43. The van der Waals surface area contributed by atoms with E-state index in [-0.39, 0.29) is 12.6 Å². The number of aliphatic hydroxyl groups excluding tert-OH is 1. The Hall–Kier alpha value is -0.610. The van der Waals surface area contributed by atoms with Crippen molar-refractivity contribution in [3.05, 3.63) is 34.3 Å². The van der Waals surface area contributed by atoms with E-state index in [0.717, 1.165) is 29.2 Å². The summed E-state index contributed by atoms with van der Waals surface area (Å²) >= 11 is 5.92. The highest BCUT2D eigenvalue weighted by Gasteiger charge is 2.12. The highest BCUT2D eigenvalue weighted by atomic mass is 35.5. The number of hydrogen-bond donors (Lipinski definition) is 2. The molecule has 0 radical (unpaired) electrons. The molecule has 1 atom stereocenters. The molecule has 0 fully saturated rings.